The SMILES string of the molecule is Cl.Cl.Cl.N#CNC(N)=NCCC[C@H](N)C(=O)N1CCC[C@H]1C#N.N#CNC(N)=NCCC[C@H](N)C(=O)N1CCC[C@H]1C#N. The first kappa shape index (κ1) is 43.7. The standard InChI is InChI=1S/2C12H19N7O.3ClH/c2*13-7-9-3-2-6-19(9)11(20)10(15)4-1-5-17-12(16)18-8-14;;;/h2*9-10H,1-6,15H2,(H3,16,17,18);3*1H/t2*9-,10-;;;/m00.../s1. The smallest absolute Gasteiger partial charge is 0.240 e. The highest BCUT2D eigenvalue weighted by Crippen LogP contribution is 2.19. The summed E-state index contributed by atoms with van der Waals surface area (Å²) in [6, 6.07) is 2.30. The summed E-state index contributed by atoms with van der Waals surface area (Å²) in [5, 5.41) is 38.9. The van der Waals surface area contributed by atoms with Crippen LogP contribution in [-0.4, -0.2) is 83.9 Å². The molecule has 4 atom stereocenters. The molecule has 2 heterocycles. The maximum atomic E-state index is 12.1. The number of likely N-dealkylation sites (tertiary alicyclic amines) is 2. The number of nitrogens with one attached hydrogen (secondary N) is 2. The van der Waals surface area contributed by atoms with Crippen LogP contribution in [0.2, 0.25) is 0 Å². The lowest BCUT2D eigenvalue weighted by Gasteiger charge is -2.23. The minimum absolute atomic E-state index is 0. The van der Waals surface area contributed by atoms with Crippen LogP contribution < -0.4 is 33.6 Å². The third kappa shape index (κ3) is 15.9. The van der Waals surface area contributed by atoms with E-state index in [0.29, 0.717) is 51.9 Å². The number of aliphatic imine (C=N–C) groups is 2. The van der Waals surface area contributed by atoms with Crippen molar-refractivity contribution in [1.82, 2.24) is 20.4 Å². The number of carbonyl (C=O) groups is 2. The number of nitrogens with two attached hydrogens (primary N) is 4. The van der Waals surface area contributed by atoms with Gasteiger partial charge in [-0.15, -0.1) is 37.2 Å². The molecule has 0 aromatic rings. The number of hydrogen-bond acceptors (Lipinski definition) is 10. The third-order valence-electron chi connectivity index (χ3n) is 6.28. The largest absolute Gasteiger partial charge is 0.369 e. The Morgan fingerprint density at radius 1 is 0.744 bits per heavy atom. The zero-order valence-corrected chi connectivity index (χ0v) is 26.2. The van der Waals surface area contributed by atoms with Crippen molar-refractivity contribution < 1.29 is 9.59 Å². The van der Waals surface area contributed by atoms with E-state index in [2.05, 4.69) is 32.8 Å². The second kappa shape index (κ2) is 24.8. The van der Waals surface area contributed by atoms with Gasteiger partial charge in [0.05, 0.1) is 24.2 Å². The highest BCUT2D eigenvalue weighted by molar-refractivity contribution is 5.86. The van der Waals surface area contributed by atoms with E-state index in [1.807, 2.05) is 0 Å². The molecular formula is C24H41Cl3N14O2. The van der Waals surface area contributed by atoms with Crippen LogP contribution in [0.3, 0.4) is 0 Å². The summed E-state index contributed by atoms with van der Waals surface area (Å²) in [5.41, 5.74) is 22.4. The molecule has 2 amide bonds. The molecular weight excluding hydrogens is 623 g/mol. The van der Waals surface area contributed by atoms with Gasteiger partial charge in [-0.05, 0) is 51.4 Å². The molecule has 0 bridgehead atoms. The van der Waals surface area contributed by atoms with E-state index in [0.717, 1.165) is 25.7 Å². The molecule has 2 fully saturated rings. The van der Waals surface area contributed by atoms with Gasteiger partial charge in [-0.2, -0.15) is 21.0 Å². The van der Waals surface area contributed by atoms with E-state index in [1.165, 1.54) is 0 Å². The van der Waals surface area contributed by atoms with Gasteiger partial charge in [-0.3, -0.25) is 30.2 Å². The molecule has 16 nitrogen and oxygen atoms in total. The highest BCUT2D eigenvalue weighted by atomic mass is 35.5. The van der Waals surface area contributed by atoms with Crippen molar-refractivity contribution in [2.24, 2.45) is 32.9 Å². The summed E-state index contributed by atoms with van der Waals surface area (Å²) >= 11 is 0. The molecule has 0 aromatic carbocycles. The Bertz CT molecular complexity index is 995. The van der Waals surface area contributed by atoms with Crippen molar-refractivity contribution in [3.8, 4) is 24.5 Å². The van der Waals surface area contributed by atoms with Gasteiger partial charge in [-0.25, -0.2) is 0 Å². The van der Waals surface area contributed by atoms with Gasteiger partial charge in [-0.1, -0.05) is 0 Å². The number of guanidine groups is 2. The van der Waals surface area contributed by atoms with Crippen LogP contribution in [0.1, 0.15) is 51.4 Å². The fraction of sp³-hybridized carbons (Fsp3) is 0.667. The Labute approximate surface area is 270 Å². The van der Waals surface area contributed by atoms with Crippen molar-refractivity contribution in [3.05, 3.63) is 0 Å². The monoisotopic (exact) mass is 662 g/mol. The summed E-state index contributed by atoms with van der Waals surface area (Å²) in [5.74, 6) is -0.254. The maximum Gasteiger partial charge on any atom is 0.240 e. The summed E-state index contributed by atoms with van der Waals surface area (Å²) < 4.78 is 0. The van der Waals surface area contributed by atoms with E-state index in [4.69, 9.17) is 44.0 Å². The minimum Gasteiger partial charge on any atom is -0.369 e. The van der Waals surface area contributed by atoms with Gasteiger partial charge < -0.3 is 32.7 Å². The topological polar surface area (TPSA) is 289 Å². The molecule has 0 aromatic heterocycles. The molecule has 0 saturated carbocycles. The minimum atomic E-state index is -0.621. The molecule has 2 rings (SSSR count). The van der Waals surface area contributed by atoms with Crippen molar-refractivity contribution >= 4 is 61.0 Å². The van der Waals surface area contributed by atoms with E-state index >= 15 is 0 Å². The average Bonchev–Trinajstić information content (AvgIpc) is 3.62. The lowest BCUT2D eigenvalue weighted by atomic mass is 10.1. The molecule has 2 saturated heterocycles. The summed E-state index contributed by atoms with van der Waals surface area (Å²) in [6.45, 7) is 1.98. The Morgan fingerprint density at radius 3 is 1.40 bits per heavy atom. The van der Waals surface area contributed by atoms with Gasteiger partial charge in [0.2, 0.25) is 23.7 Å². The molecule has 10 N–H and O–H groups in total. The van der Waals surface area contributed by atoms with Gasteiger partial charge >= 0.3 is 0 Å². The van der Waals surface area contributed by atoms with Gasteiger partial charge in [0, 0.05) is 26.2 Å². The number of rotatable bonds is 10. The number of amides is 2. The van der Waals surface area contributed by atoms with Crippen LogP contribution >= 0.6 is 37.2 Å². The Morgan fingerprint density at radius 2 is 1.09 bits per heavy atom. The van der Waals surface area contributed by atoms with Crippen molar-refractivity contribution in [2.75, 3.05) is 26.2 Å². The number of nitriles is 4. The molecule has 0 spiro atoms. The van der Waals surface area contributed by atoms with Crippen molar-refractivity contribution in [1.29, 1.82) is 21.0 Å². The molecule has 2 aliphatic heterocycles. The quantitative estimate of drug-likeness (QED) is 0.0553. The lowest BCUT2D eigenvalue weighted by molar-refractivity contribution is -0.133. The van der Waals surface area contributed by atoms with Crippen molar-refractivity contribution in [2.45, 2.75) is 75.5 Å². The number of halogens is 3. The molecule has 0 unspecified atom stereocenters. The van der Waals surface area contributed by atoms with Gasteiger partial charge in [0.15, 0.2) is 12.4 Å². The number of hydrogen-bond donors (Lipinski definition) is 6. The van der Waals surface area contributed by atoms with E-state index in [-0.39, 0.29) is 73.0 Å². The second-order valence-electron chi connectivity index (χ2n) is 9.14. The zero-order valence-electron chi connectivity index (χ0n) is 23.7. The Balaban J connectivity index is -0.000000696. The highest BCUT2D eigenvalue weighted by Gasteiger charge is 2.32. The molecule has 2 aliphatic rings. The summed E-state index contributed by atoms with van der Waals surface area (Å²) in [4.78, 5) is 35.1. The van der Waals surface area contributed by atoms with E-state index in [1.54, 1.807) is 22.2 Å². The van der Waals surface area contributed by atoms with Crippen LogP contribution in [-0.2, 0) is 9.59 Å². The predicted octanol–water partition coefficient (Wildman–Crippen LogP) is -0.747. The summed E-state index contributed by atoms with van der Waals surface area (Å²) in [6.07, 6.45) is 8.56. The normalized spacial score (nSPS) is 18.7. The Hall–Kier alpha value is -3.77. The second-order valence-corrected chi connectivity index (χ2v) is 9.14. The fourth-order valence-corrected chi connectivity index (χ4v) is 4.22. The van der Waals surface area contributed by atoms with Crippen LogP contribution in [0.4, 0.5) is 0 Å². The van der Waals surface area contributed by atoms with Gasteiger partial charge in [0.25, 0.3) is 0 Å². The van der Waals surface area contributed by atoms with Crippen LogP contribution in [0.15, 0.2) is 9.98 Å². The number of nitrogens with zero attached hydrogens (tertiary/aromatic N) is 8. The molecule has 240 valence electrons. The number of carbonyl (C=O) groups excluding carboxylic acids is 2. The van der Waals surface area contributed by atoms with E-state index in [9.17, 15) is 9.59 Å². The van der Waals surface area contributed by atoms with Crippen LogP contribution in [0.5, 0.6) is 0 Å². The molecule has 0 aliphatic carbocycles. The average molecular weight is 664 g/mol. The first-order valence-electron chi connectivity index (χ1n) is 13.0. The fourth-order valence-electron chi connectivity index (χ4n) is 4.22. The molecule has 19 heteroatoms. The zero-order chi connectivity index (χ0) is 29.9. The van der Waals surface area contributed by atoms with Crippen LogP contribution in [0.25, 0.3) is 0 Å². The van der Waals surface area contributed by atoms with Crippen LogP contribution in [0, 0.1) is 45.6 Å². The first-order valence-corrected chi connectivity index (χ1v) is 13.0. The molecule has 43 heavy (non-hydrogen) atoms. The van der Waals surface area contributed by atoms with Gasteiger partial charge in [0.1, 0.15) is 12.1 Å². The predicted molar refractivity (Wildman–Crippen MR) is 167 cm³/mol. The third-order valence-corrected chi connectivity index (χ3v) is 6.28. The van der Waals surface area contributed by atoms with E-state index < -0.39 is 12.1 Å². The van der Waals surface area contributed by atoms with Crippen molar-refractivity contribution in [3.63, 3.8) is 0 Å². The maximum absolute atomic E-state index is 12.1. The lowest BCUT2D eigenvalue weighted by Crippen LogP contribution is -2.45. The molecule has 0 radical (unpaired) electrons. The summed E-state index contributed by atoms with van der Waals surface area (Å²) in [7, 11) is 0. The Kier molecular flexibility index (Phi) is 25.2. The first-order chi connectivity index (χ1) is 19.2.